The summed E-state index contributed by atoms with van der Waals surface area (Å²) in [5.41, 5.74) is 1.94. The number of rotatable bonds is 3. The maximum atomic E-state index is 13.1. The van der Waals surface area contributed by atoms with Crippen molar-refractivity contribution in [1.29, 1.82) is 0 Å². The van der Waals surface area contributed by atoms with E-state index in [1.807, 2.05) is 30.3 Å². The van der Waals surface area contributed by atoms with Crippen LogP contribution in [-0.4, -0.2) is 12.2 Å². The molecule has 2 aromatic carbocycles. The fraction of sp³-hybridized carbons (Fsp3) is 0.133. The molecule has 0 fully saturated rings. The smallest absolute Gasteiger partial charge is 0.161 e. The van der Waals surface area contributed by atoms with Gasteiger partial charge >= 0.3 is 0 Å². The van der Waals surface area contributed by atoms with E-state index >= 15 is 0 Å². The number of benzene rings is 2. The predicted molar refractivity (Wildman–Crippen MR) is 86.1 cm³/mol. The molecule has 0 aliphatic carbocycles. The van der Waals surface area contributed by atoms with Gasteiger partial charge in [-0.25, -0.2) is 4.39 Å². The molecule has 0 saturated heterocycles. The average molecular weight is 309 g/mol. The largest absolute Gasteiger partial charge is 0.335 e. The molecule has 0 saturated carbocycles. The van der Waals surface area contributed by atoms with Crippen LogP contribution in [0.3, 0.4) is 0 Å². The molecule has 0 aliphatic rings. The lowest BCUT2D eigenvalue weighted by atomic mass is 10.2. The Morgan fingerprint density at radius 1 is 1.25 bits per heavy atom. The number of para-hydroxylation sites is 1. The van der Waals surface area contributed by atoms with E-state index in [2.05, 4.69) is 10.3 Å². The Morgan fingerprint density at radius 2 is 2.00 bits per heavy atom. The number of nitrogens with zero attached hydrogens (tertiary/aromatic N) is 1. The van der Waals surface area contributed by atoms with E-state index in [4.69, 9.17) is 11.6 Å². The van der Waals surface area contributed by atoms with Crippen LogP contribution in [0.1, 0.15) is 5.56 Å². The van der Waals surface area contributed by atoms with Crippen molar-refractivity contribution in [2.24, 2.45) is 4.99 Å². The fourth-order valence-electron chi connectivity index (χ4n) is 1.58. The summed E-state index contributed by atoms with van der Waals surface area (Å²) in [7, 11) is 1.73. The Balaban J connectivity index is 1.96. The fourth-order valence-corrected chi connectivity index (χ4v) is 2.59. The number of anilines is 1. The second-order valence-electron chi connectivity index (χ2n) is 4.06. The topological polar surface area (TPSA) is 24.4 Å². The molecular weight excluding hydrogens is 295 g/mol. The first-order valence-corrected chi connectivity index (χ1v) is 7.41. The van der Waals surface area contributed by atoms with Gasteiger partial charge in [0, 0.05) is 18.5 Å². The van der Waals surface area contributed by atoms with E-state index in [-0.39, 0.29) is 5.02 Å². The number of aliphatic imine (C=N–C) groups is 1. The molecule has 20 heavy (non-hydrogen) atoms. The number of nitrogens with one attached hydrogen (secondary N) is 1. The Morgan fingerprint density at radius 3 is 2.65 bits per heavy atom. The molecule has 0 heterocycles. The first-order valence-electron chi connectivity index (χ1n) is 6.04. The highest BCUT2D eigenvalue weighted by Gasteiger charge is 2.04. The minimum Gasteiger partial charge on any atom is -0.335 e. The second-order valence-corrected chi connectivity index (χ2v) is 5.43. The zero-order valence-corrected chi connectivity index (χ0v) is 12.5. The second kappa shape index (κ2) is 7.31. The van der Waals surface area contributed by atoms with Crippen molar-refractivity contribution >= 4 is 34.2 Å². The van der Waals surface area contributed by atoms with Gasteiger partial charge in [0.1, 0.15) is 5.82 Å². The van der Waals surface area contributed by atoms with Crippen molar-refractivity contribution in [3.63, 3.8) is 0 Å². The quantitative estimate of drug-likeness (QED) is 0.650. The third kappa shape index (κ3) is 4.25. The number of halogens is 2. The lowest BCUT2D eigenvalue weighted by molar-refractivity contribution is 0.628. The molecule has 2 nitrogen and oxygen atoms in total. The van der Waals surface area contributed by atoms with E-state index < -0.39 is 5.82 Å². The SMILES string of the molecule is CN=C(Nc1ccccc1)SCc1ccc(F)c(Cl)c1. The maximum Gasteiger partial charge on any atom is 0.161 e. The Bertz CT molecular complexity index is 602. The van der Waals surface area contributed by atoms with Crippen LogP contribution >= 0.6 is 23.4 Å². The predicted octanol–water partition coefficient (Wildman–Crippen LogP) is 4.81. The van der Waals surface area contributed by atoms with Crippen LogP contribution < -0.4 is 5.32 Å². The van der Waals surface area contributed by atoms with Gasteiger partial charge in [0.2, 0.25) is 0 Å². The molecular formula is C15H14ClFN2S. The van der Waals surface area contributed by atoms with Crippen LogP contribution in [0.4, 0.5) is 10.1 Å². The zero-order chi connectivity index (χ0) is 14.4. The van der Waals surface area contributed by atoms with Crippen LogP contribution in [0.15, 0.2) is 53.5 Å². The lowest BCUT2D eigenvalue weighted by Crippen LogP contribution is -2.07. The Hall–Kier alpha value is -1.52. The van der Waals surface area contributed by atoms with Gasteiger partial charge in [0.05, 0.1) is 5.02 Å². The highest BCUT2D eigenvalue weighted by Crippen LogP contribution is 2.21. The number of amidine groups is 1. The summed E-state index contributed by atoms with van der Waals surface area (Å²) < 4.78 is 13.1. The van der Waals surface area contributed by atoms with E-state index in [1.165, 1.54) is 6.07 Å². The summed E-state index contributed by atoms with van der Waals surface area (Å²) in [6, 6.07) is 14.6. The van der Waals surface area contributed by atoms with Gasteiger partial charge in [-0.3, -0.25) is 4.99 Å². The molecule has 0 atom stereocenters. The molecule has 0 aliphatic heterocycles. The molecule has 104 valence electrons. The molecule has 0 aromatic heterocycles. The first kappa shape index (κ1) is 14.9. The van der Waals surface area contributed by atoms with Gasteiger partial charge in [-0.1, -0.05) is 47.6 Å². The minimum atomic E-state index is -0.396. The van der Waals surface area contributed by atoms with Gasteiger partial charge in [-0.05, 0) is 29.8 Å². The summed E-state index contributed by atoms with van der Waals surface area (Å²) in [5.74, 6) is 0.277. The first-order chi connectivity index (χ1) is 9.69. The van der Waals surface area contributed by atoms with Crippen molar-refractivity contribution in [2.45, 2.75) is 5.75 Å². The highest BCUT2D eigenvalue weighted by atomic mass is 35.5. The van der Waals surface area contributed by atoms with E-state index in [0.29, 0.717) is 5.75 Å². The monoisotopic (exact) mass is 308 g/mol. The number of thioether (sulfide) groups is 1. The summed E-state index contributed by atoms with van der Waals surface area (Å²) in [4.78, 5) is 4.20. The average Bonchev–Trinajstić information content (AvgIpc) is 2.48. The van der Waals surface area contributed by atoms with Crippen LogP contribution in [0.2, 0.25) is 5.02 Å². The standard InChI is InChI=1S/C15H14ClFN2S/c1-18-15(19-12-5-3-2-4-6-12)20-10-11-7-8-14(17)13(16)9-11/h2-9H,10H2,1H3,(H,18,19). The summed E-state index contributed by atoms with van der Waals surface area (Å²) >= 11 is 7.30. The van der Waals surface area contributed by atoms with Crippen molar-refractivity contribution in [2.75, 3.05) is 12.4 Å². The van der Waals surface area contributed by atoms with Gasteiger partial charge in [-0.15, -0.1) is 0 Å². The summed E-state index contributed by atoms with van der Waals surface area (Å²) in [6.45, 7) is 0. The normalized spacial score (nSPS) is 11.4. The molecule has 0 radical (unpaired) electrons. The lowest BCUT2D eigenvalue weighted by Gasteiger charge is -2.09. The molecule has 0 unspecified atom stereocenters. The van der Waals surface area contributed by atoms with Crippen molar-refractivity contribution in [3.05, 3.63) is 64.9 Å². The summed E-state index contributed by atoms with van der Waals surface area (Å²) in [6.07, 6.45) is 0. The van der Waals surface area contributed by atoms with E-state index in [0.717, 1.165) is 16.4 Å². The van der Waals surface area contributed by atoms with Crippen LogP contribution in [-0.2, 0) is 5.75 Å². The van der Waals surface area contributed by atoms with Gasteiger partial charge in [-0.2, -0.15) is 0 Å². The zero-order valence-electron chi connectivity index (χ0n) is 10.9. The van der Waals surface area contributed by atoms with Crippen molar-refractivity contribution in [1.82, 2.24) is 0 Å². The van der Waals surface area contributed by atoms with Crippen LogP contribution in [0.25, 0.3) is 0 Å². The van der Waals surface area contributed by atoms with Crippen LogP contribution in [0, 0.1) is 5.82 Å². The number of hydrogen-bond donors (Lipinski definition) is 1. The molecule has 0 bridgehead atoms. The molecule has 0 amide bonds. The molecule has 2 rings (SSSR count). The highest BCUT2D eigenvalue weighted by molar-refractivity contribution is 8.13. The van der Waals surface area contributed by atoms with Crippen molar-refractivity contribution < 1.29 is 4.39 Å². The van der Waals surface area contributed by atoms with E-state index in [9.17, 15) is 4.39 Å². The Kier molecular flexibility index (Phi) is 5.44. The summed E-state index contributed by atoms with van der Waals surface area (Å²) in [5, 5.41) is 4.18. The van der Waals surface area contributed by atoms with Crippen molar-refractivity contribution in [3.8, 4) is 0 Å². The van der Waals surface area contributed by atoms with Gasteiger partial charge < -0.3 is 5.32 Å². The minimum absolute atomic E-state index is 0.147. The molecule has 2 aromatic rings. The number of hydrogen-bond acceptors (Lipinski definition) is 2. The van der Waals surface area contributed by atoms with E-state index in [1.54, 1.807) is 30.9 Å². The molecule has 1 N–H and O–H groups in total. The third-order valence-corrected chi connectivity index (χ3v) is 3.91. The Labute approximate surface area is 127 Å². The molecule has 0 spiro atoms. The maximum absolute atomic E-state index is 13.1. The van der Waals surface area contributed by atoms with Gasteiger partial charge in [0.25, 0.3) is 0 Å². The molecule has 5 heteroatoms. The van der Waals surface area contributed by atoms with Crippen LogP contribution in [0.5, 0.6) is 0 Å². The van der Waals surface area contributed by atoms with Gasteiger partial charge in [0.15, 0.2) is 5.17 Å². The third-order valence-electron chi connectivity index (χ3n) is 2.59.